The van der Waals surface area contributed by atoms with Crippen molar-refractivity contribution in [3.63, 3.8) is 0 Å². The van der Waals surface area contributed by atoms with Crippen molar-refractivity contribution in [2.24, 2.45) is 5.41 Å². The third-order valence-corrected chi connectivity index (χ3v) is 3.73. The van der Waals surface area contributed by atoms with E-state index in [9.17, 15) is 0 Å². The summed E-state index contributed by atoms with van der Waals surface area (Å²) in [7, 11) is -2.09. The molecule has 0 spiro atoms. The highest BCUT2D eigenvalue weighted by molar-refractivity contribution is 8.25. The van der Waals surface area contributed by atoms with Crippen molar-refractivity contribution in [3.05, 3.63) is 0 Å². The van der Waals surface area contributed by atoms with Gasteiger partial charge in [0.1, 0.15) is 0 Å². The molecule has 0 unspecified atom stereocenters. The van der Waals surface area contributed by atoms with Crippen LogP contribution in [0.2, 0.25) is 0 Å². The van der Waals surface area contributed by atoms with Crippen molar-refractivity contribution in [1.82, 2.24) is 0 Å². The molecule has 0 saturated carbocycles. The lowest BCUT2D eigenvalue weighted by molar-refractivity contribution is 0.354. The van der Waals surface area contributed by atoms with Crippen molar-refractivity contribution in [1.29, 1.82) is 0 Å². The highest BCUT2D eigenvalue weighted by Gasteiger charge is 2.40. The second-order valence-electron chi connectivity index (χ2n) is 3.26. The van der Waals surface area contributed by atoms with Crippen molar-refractivity contribution in [2.45, 2.75) is 13.8 Å². The quantitative estimate of drug-likeness (QED) is 0.533. The fourth-order valence-electron chi connectivity index (χ4n) is 1.21. The first-order valence-electron chi connectivity index (χ1n) is 2.65. The average Bonchev–Trinajstić information content (AvgIpc) is 1.20. The molecule has 1 rings (SSSR count). The van der Waals surface area contributed by atoms with Gasteiger partial charge in [0, 0.05) is 11.5 Å². The topological polar surface area (TPSA) is 40.5 Å². The van der Waals surface area contributed by atoms with Crippen molar-refractivity contribution >= 4 is 10.6 Å². The molecule has 2 N–H and O–H groups in total. The SMILES string of the molecule is CC1(C)CS(O)(O)C1. The van der Waals surface area contributed by atoms with Crippen LogP contribution < -0.4 is 0 Å². The van der Waals surface area contributed by atoms with Crippen molar-refractivity contribution in [2.75, 3.05) is 11.5 Å². The van der Waals surface area contributed by atoms with Gasteiger partial charge >= 0.3 is 0 Å². The van der Waals surface area contributed by atoms with Gasteiger partial charge in [-0.2, -0.15) is 10.6 Å². The summed E-state index contributed by atoms with van der Waals surface area (Å²) in [6, 6.07) is 0. The minimum Gasteiger partial charge on any atom is -0.299 e. The molecule has 1 heterocycles. The monoisotopic (exact) mass is 136 g/mol. The minimum atomic E-state index is -2.09. The lowest BCUT2D eigenvalue weighted by Crippen LogP contribution is -2.40. The highest BCUT2D eigenvalue weighted by atomic mass is 32.3. The fraction of sp³-hybridized carbons (Fsp3) is 1.00. The maximum Gasteiger partial charge on any atom is 0.0440 e. The summed E-state index contributed by atoms with van der Waals surface area (Å²) in [5.41, 5.74) is 0.193. The van der Waals surface area contributed by atoms with E-state index in [2.05, 4.69) is 0 Å². The number of hydrogen-bond donors (Lipinski definition) is 2. The van der Waals surface area contributed by atoms with E-state index >= 15 is 0 Å². The first-order valence-corrected chi connectivity index (χ1v) is 4.53. The van der Waals surface area contributed by atoms with Crippen LogP contribution >= 0.6 is 10.6 Å². The van der Waals surface area contributed by atoms with Gasteiger partial charge in [0.2, 0.25) is 0 Å². The Labute approximate surface area is 51.3 Å². The van der Waals surface area contributed by atoms with E-state index in [1.165, 1.54) is 0 Å². The van der Waals surface area contributed by atoms with E-state index in [1.54, 1.807) is 0 Å². The Morgan fingerprint density at radius 3 is 1.62 bits per heavy atom. The van der Waals surface area contributed by atoms with Crippen molar-refractivity contribution in [3.8, 4) is 0 Å². The highest BCUT2D eigenvalue weighted by Crippen LogP contribution is 2.58. The van der Waals surface area contributed by atoms with E-state index in [1.807, 2.05) is 13.8 Å². The Hall–Kier alpha value is 0.270. The van der Waals surface area contributed by atoms with Gasteiger partial charge in [-0.15, -0.1) is 0 Å². The molecule has 50 valence electrons. The Morgan fingerprint density at radius 2 is 1.62 bits per heavy atom. The van der Waals surface area contributed by atoms with Gasteiger partial charge in [0.05, 0.1) is 0 Å². The molecular formula is C5H12O2S. The summed E-state index contributed by atoms with van der Waals surface area (Å²) in [6.07, 6.45) is 0. The van der Waals surface area contributed by atoms with Crippen LogP contribution in [0.25, 0.3) is 0 Å². The maximum absolute atomic E-state index is 8.89. The molecule has 0 aromatic rings. The van der Waals surface area contributed by atoms with Gasteiger partial charge in [0.25, 0.3) is 0 Å². The summed E-state index contributed by atoms with van der Waals surface area (Å²) < 4.78 is 17.8. The molecule has 0 aromatic carbocycles. The van der Waals surface area contributed by atoms with Crippen LogP contribution in [-0.2, 0) is 0 Å². The molecule has 1 aliphatic rings. The molecule has 0 aromatic heterocycles. The standard InChI is InChI=1S/C5H12O2S/c1-5(2)3-8(6,7)4-5/h6-7H,3-4H2,1-2H3. The predicted molar refractivity (Wildman–Crippen MR) is 36.4 cm³/mol. The van der Waals surface area contributed by atoms with E-state index in [4.69, 9.17) is 9.11 Å². The summed E-state index contributed by atoms with van der Waals surface area (Å²) in [4.78, 5) is 0. The molecule has 0 atom stereocenters. The Morgan fingerprint density at radius 1 is 1.25 bits per heavy atom. The first kappa shape index (κ1) is 6.39. The van der Waals surface area contributed by atoms with Gasteiger partial charge in [-0.25, -0.2) is 0 Å². The first-order chi connectivity index (χ1) is 3.41. The average molecular weight is 136 g/mol. The molecule has 3 heteroatoms. The molecule has 1 aliphatic heterocycles. The molecule has 0 radical (unpaired) electrons. The smallest absolute Gasteiger partial charge is 0.0440 e. The molecule has 1 saturated heterocycles. The van der Waals surface area contributed by atoms with E-state index in [0.717, 1.165) is 0 Å². The van der Waals surface area contributed by atoms with Gasteiger partial charge in [-0.1, -0.05) is 13.8 Å². The molecule has 2 nitrogen and oxygen atoms in total. The number of rotatable bonds is 0. The third kappa shape index (κ3) is 1.16. The predicted octanol–water partition coefficient (Wildman–Crippen LogP) is 1.78. The van der Waals surface area contributed by atoms with Crippen LogP contribution in [0.1, 0.15) is 13.8 Å². The maximum atomic E-state index is 8.89. The van der Waals surface area contributed by atoms with Crippen LogP contribution in [0, 0.1) is 5.41 Å². The Kier molecular flexibility index (Phi) is 1.12. The second-order valence-corrected chi connectivity index (χ2v) is 5.44. The molecule has 0 bridgehead atoms. The lowest BCUT2D eigenvalue weighted by Gasteiger charge is -2.52. The van der Waals surface area contributed by atoms with E-state index in [0.29, 0.717) is 11.5 Å². The van der Waals surface area contributed by atoms with Crippen LogP contribution in [-0.4, -0.2) is 20.6 Å². The van der Waals surface area contributed by atoms with Gasteiger partial charge in [0.15, 0.2) is 0 Å². The van der Waals surface area contributed by atoms with Crippen LogP contribution in [0.15, 0.2) is 0 Å². The zero-order valence-electron chi connectivity index (χ0n) is 5.22. The number of hydrogen-bond acceptors (Lipinski definition) is 2. The third-order valence-electron chi connectivity index (χ3n) is 1.24. The molecular weight excluding hydrogens is 124 g/mol. The van der Waals surface area contributed by atoms with E-state index < -0.39 is 10.6 Å². The largest absolute Gasteiger partial charge is 0.299 e. The lowest BCUT2D eigenvalue weighted by atomic mass is 9.99. The Balaban J connectivity index is 2.42. The van der Waals surface area contributed by atoms with Crippen LogP contribution in [0.4, 0.5) is 0 Å². The summed E-state index contributed by atoms with van der Waals surface area (Å²) in [5, 5.41) is 0. The van der Waals surface area contributed by atoms with Crippen LogP contribution in [0.3, 0.4) is 0 Å². The van der Waals surface area contributed by atoms with E-state index in [-0.39, 0.29) is 5.41 Å². The normalized spacial score (nSPS) is 35.5. The van der Waals surface area contributed by atoms with Gasteiger partial charge in [-0.05, 0) is 5.41 Å². The van der Waals surface area contributed by atoms with Crippen molar-refractivity contribution < 1.29 is 9.11 Å². The molecule has 0 aliphatic carbocycles. The summed E-state index contributed by atoms with van der Waals surface area (Å²) >= 11 is 0. The minimum absolute atomic E-state index is 0.193. The van der Waals surface area contributed by atoms with Gasteiger partial charge < -0.3 is 0 Å². The summed E-state index contributed by atoms with van der Waals surface area (Å²) in [6.45, 7) is 4.09. The fourth-order valence-corrected chi connectivity index (χ4v) is 3.63. The summed E-state index contributed by atoms with van der Waals surface area (Å²) in [5.74, 6) is 1.19. The van der Waals surface area contributed by atoms with Crippen LogP contribution in [0.5, 0.6) is 0 Å². The molecule has 1 fully saturated rings. The van der Waals surface area contributed by atoms with Gasteiger partial charge in [-0.3, -0.25) is 9.11 Å². The Bertz CT molecular complexity index is 87.0. The second kappa shape index (κ2) is 1.40. The molecule has 8 heavy (non-hydrogen) atoms. The molecule has 0 amide bonds. The zero-order chi connectivity index (χ0) is 6.41. The zero-order valence-corrected chi connectivity index (χ0v) is 6.03.